The second-order valence-corrected chi connectivity index (χ2v) is 3.55. The SMILES string of the molecule is NC(=O)C[C@H](N)C(=O)OC(=O)CC[C@H](N)C(=O)O. The zero-order valence-corrected chi connectivity index (χ0v) is 9.50. The smallest absolute Gasteiger partial charge is 0.331 e. The van der Waals surface area contributed by atoms with Gasteiger partial charge in [-0.1, -0.05) is 0 Å². The van der Waals surface area contributed by atoms with E-state index in [4.69, 9.17) is 22.3 Å². The Balaban J connectivity index is 4.05. The molecule has 9 heteroatoms. The zero-order chi connectivity index (χ0) is 14.3. The van der Waals surface area contributed by atoms with Crippen LogP contribution in [-0.4, -0.2) is 41.0 Å². The van der Waals surface area contributed by atoms with E-state index in [0.717, 1.165) is 0 Å². The van der Waals surface area contributed by atoms with Crippen LogP contribution >= 0.6 is 0 Å². The van der Waals surface area contributed by atoms with Crippen LogP contribution in [0.1, 0.15) is 19.3 Å². The van der Waals surface area contributed by atoms with Gasteiger partial charge in [-0.3, -0.25) is 14.4 Å². The Hall–Kier alpha value is -2.00. The van der Waals surface area contributed by atoms with Gasteiger partial charge in [-0.05, 0) is 6.42 Å². The quantitative estimate of drug-likeness (QED) is 0.286. The van der Waals surface area contributed by atoms with Gasteiger partial charge in [0.2, 0.25) is 5.91 Å². The predicted molar refractivity (Wildman–Crippen MR) is 57.7 cm³/mol. The number of carbonyl (C=O) groups excluding carboxylic acids is 3. The molecule has 0 aromatic heterocycles. The second kappa shape index (κ2) is 7.35. The minimum Gasteiger partial charge on any atom is -0.480 e. The highest BCUT2D eigenvalue weighted by molar-refractivity contribution is 5.91. The van der Waals surface area contributed by atoms with Crippen LogP contribution in [0, 0.1) is 0 Å². The Kier molecular flexibility index (Phi) is 6.53. The molecule has 0 fully saturated rings. The molecule has 1 amide bonds. The normalized spacial score (nSPS) is 13.4. The summed E-state index contributed by atoms with van der Waals surface area (Å²) >= 11 is 0. The molecule has 7 N–H and O–H groups in total. The van der Waals surface area contributed by atoms with E-state index in [1.54, 1.807) is 0 Å². The maximum Gasteiger partial charge on any atom is 0.331 e. The maximum atomic E-state index is 11.1. The average Bonchev–Trinajstić information content (AvgIpc) is 2.24. The van der Waals surface area contributed by atoms with Crippen LogP contribution in [0.5, 0.6) is 0 Å². The first kappa shape index (κ1) is 16.0. The third-order valence-electron chi connectivity index (χ3n) is 1.91. The summed E-state index contributed by atoms with van der Waals surface area (Å²) in [5.74, 6) is -4.13. The molecular weight excluding hydrogens is 246 g/mol. The van der Waals surface area contributed by atoms with E-state index in [1.165, 1.54) is 0 Å². The van der Waals surface area contributed by atoms with Crippen LogP contribution in [-0.2, 0) is 23.9 Å². The van der Waals surface area contributed by atoms with Crippen molar-refractivity contribution in [3.05, 3.63) is 0 Å². The van der Waals surface area contributed by atoms with Crippen LogP contribution in [0.4, 0.5) is 0 Å². The molecule has 0 aliphatic carbocycles. The molecule has 0 aliphatic rings. The highest BCUT2D eigenvalue weighted by Crippen LogP contribution is 2.00. The molecule has 0 radical (unpaired) electrons. The summed E-state index contributed by atoms with van der Waals surface area (Å²) in [6, 6.07) is -2.54. The molecule has 0 rings (SSSR count). The van der Waals surface area contributed by atoms with Crippen molar-refractivity contribution in [3.63, 3.8) is 0 Å². The number of hydrogen-bond acceptors (Lipinski definition) is 7. The monoisotopic (exact) mass is 261 g/mol. The summed E-state index contributed by atoms with van der Waals surface area (Å²) < 4.78 is 4.28. The molecule has 0 bridgehead atoms. The number of carboxylic acids is 1. The molecular formula is C9H15N3O6. The first-order valence-corrected chi connectivity index (χ1v) is 5.00. The number of esters is 2. The topological polar surface area (TPSA) is 176 Å². The molecule has 0 heterocycles. The molecule has 0 aliphatic heterocycles. The van der Waals surface area contributed by atoms with Crippen molar-refractivity contribution in [2.24, 2.45) is 17.2 Å². The van der Waals surface area contributed by atoms with Crippen molar-refractivity contribution in [1.82, 2.24) is 0 Å². The molecule has 9 nitrogen and oxygen atoms in total. The molecule has 0 saturated carbocycles. The fraction of sp³-hybridized carbons (Fsp3) is 0.556. The van der Waals surface area contributed by atoms with Crippen molar-refractivity contribution in [1.29, 1.82) is 0 Å². The minimum absolute atomic E-state index is 0.174. The Morgan fingerprint density at radius 2 is 1.67 bits per heavy atom. The summed E-state index contributed by atoms with van der Waals surface area (Å²) in [5, 5.41) is 8.45. The summed E-state index contributed by atoms with van der Waals surface area (Å²) in [7, 11) is 0. The average molecular weight is 261 g/mol. The molecule has 2 atom stereocenters. The van der Waals surface area contributed by atoms with Crippen molar-refractivity contribution in [3.8, 4) is 0 Å². The van der Waals surface area contributed by atoms with Crippen LogP contribution in [0.2, 0.25) is 0 Å². The highest BCUT2D eigenvalue weighted by atomic mass is 16.6. The summed E-state index contributed by atoms with van der Waals surface area (Å²) in [6.45, 7) is 0. The van der Waals surface area contributed by atoms with Crippen molar-refractivity contribution >= 4 is 23.8 Å². The fourth-order valence-corrected chi connectivity index (χ4v) is 0.936. The van der Waals surface area contributed by atoms with Gasteiger partial charge in [0.15, 0.2) is 0 Å². The maximum absolute atomic E-state index is 11.1. The number of primary amides is 1. The Morgan fingerprint density at radius 3 is 2.11 bits per heavy atom. The predicted octanol–water partition coefficient (Wildman–Crippen LogP) is -2.55. The molecule has 0 aromatic carbocycles. The number of hydrogen-bond donors (Lipinski definition) is 4. The first-order valence-electron chi connectivity index (χ1n) is 5.00. The van der Waals surface area contributed by atoms with Gasteiger partial charge in [-0.15, -0.1) is 0 Å². The van der Waals surface area contributed by atoms with Crippen molar-refractivity contribution in [2.45, 2.75) is 31.3 Å². The highest BCUT2D eigenvalue weighted by Gasteiger charge is 2.21. The Labute approximate surface area is 102 Å². The van der Waals surface area contributed by atoms with Crippen LogP contribution in [0.15, 0.2) is 0 Å². The lowest BCUT2D eigenvalue weighted by molar-refractivity contribution is -0.161. The number of nitrogens with two attached hydrogens (primary N) is 3. The third-order valence-corrected chi connectivity index (χ3v) is 1.91. The third kappa shape index (κ3) is 6.55. The molecule has 0 unspecified atom stereocenters. The van der Waals surface area contributed by atoms with Crippen LogP contribution in [0.3, 0.4) is 0 Å². The lowest BCUT2D eigenvalue weighted by Crippen LogP contribution is -2.38. The lowest BCUT2D eigenvalue weighted by atomic mass is 10.2. The van der Waals surface area contributed by atoms with Gasteiger partial charge in [-0.25, -0.2) is 4.79 Å². The zero-order valence-electron chi connectivity index (χ0n) is 9.50. The number of aliphatic carboxylic acids is 1. The van der Waals surface area contributed by atoms with E-state index in [9.17, 15) is 19.2 Å². The number of carbonyl (C=O) groups is 4. The minimum atomic E-state index is -1.32. The molecule has 0 spiro atoms. The molecule has 0 saturated heterocycles. The summed E-state index contributed by atoms with van der Waals surface area (Å²) in [5.41, 5.74) is 15.2. The molecule has 0 aromatic rings. The standard InChI is InChI=1S/C9H15N3O6/c10-4(8(15)16)1-2-7(14)18-9(17)5(11)3-6(12)13/h4-5H,1-3,10-11H2,(H2,12,13)(H,15,16)/t4-,5-/m0/s1. The van der Waals surface area contributed by atoms with Gasteiger partial charge < -0.3 is 27.0 Å². The Morgan fingerprint density at radius 1 is 1.11 bits per heavy atom. The van der Waals surface area contributed by atoms with E-state index in [2.05, 4.69) is 4.74 Å². The number of amides is 1. The lowest BCUT2D eigenvalue weighted by Gasteiger charge is -2.09. The van der Waals surface area contributed by atoms with Gasteiger partial charge in [0, 0.05) is 6.42 Å². The second-order valence-electron chi connectivity index (χ2n) is 3.55. The summed E-state index contributed by atoms with van der Waals surface area (Å²) in [6.07, 6.45) is -0.963. The fourth-order valence-electron chi connectivity index (χ4n) is 0.936. The van der Waals surface area contributed by atoms with E-state index in [1.807, 2.05) is 0 Å². The molecule has 102 valence electrons. The van der Waals surface area contributed by atoms with E-state index in [0.29, 0.717) is 0 Å². The largest absolute Gasteiger partial charge is 0.480 e. The van der Waals surface area contributed by atoms with Crippen molar-refractivity contribution in [2.75, 3.05) is 0 Å². The van der Waals surface area contributed by atoms with E-state index in [-0.39, 0.29) is 12.8 Å². The van der Waals surface area contributed by atoms with Crippen LogP contribution in [0.25, 0.3) is 0 Å². The van der Waals surface area contributed by atoms with Crippen molar-refractivity contribution < 1.29 is 29.0 Å². The van der Waals surface area contributed by atoms with Crippen LogP contribution < -0.4 is 17.2 Å². The van der Waals surface area contributed by atoms with E-state index < -0.39 is 42.3 Å². The van der Waals surface area contributed by atoms with Gasteiger partial charge in [-0.2, -0.15) is 0 Å². The van der Waals surface area contributed by atoms with Gasteiger partial charge in [0.1, 0.15) is 12.1 Å². The summed E-state index contributed by atoms with van der Waals surface area (Å²) in [4.78, 5) is 43.1. The van der Waals surface area contributed by atoms with Gasteiger partial charge in [0.05, 0.1) is 6.42 Å². The molecule has 18 heavy (non-hydrogen) atoms. The first-order chi connectivity index (χ1) is 8.23. The van der Waals surface area contributed by atoms with Gasteiger partial charge >= 0.3 is 17.9 Å². The Bertz CT molecular complexity index is 356. The number of ether oxygens (including phenoxy) is 1. The number of carboxylic acid groups (broad SMARTS) is 1. The van der Waals surface area contributed by atoms with E-state index >= 15 is 0 Å². The number of rotatable bonds is 7. The van der Waals surface area contributed by atoms with Gasteiger partial charge in [0.25, 0.3) is 0 Å².